The van der Waals surface area contributed by atoms with E-state index in [4.69, 9.17) is 25.8 Å². The SMILES string of the molecule is O=C1OC(CCc2ccccc2Cl)=N/C1=C/c1ccc2c(c1)OCCO2. The monoisotopic (exact) mass is 369 g/mol. The Bertz CT molecular complexity index is 920. The number of hydrogen-bond acceptors (Lipinski definition) is 5. The van der Waals surface area contributed by atoms with Gasteiger partial charge in [0.1, 0.15) is 13.2 Å². The van der Waals surface area contributed by atoms with Gasteiger partial charge >= 0.3 is 5.97 Å². The molecule has 0 atom stereocenters. The molecule has 5 nitrogen and oxygen atoms in total. The van der Waals surface area contributed by atoms with Crippen LogP contribution < -0.4 is 9.47 Å². The molecule has 2 aliphatic rings. The van der Waals surface area contributed by atoms with Gasteiger partial charge in [-0.3, -0.25) is 0 Å². The van der Waals surface area contributed by atoms with E-state index in [1.54, 1.807) is 6.08 Å². The first kappa shape index (κ1) is 16.7. The summed E-state index contributed by atoms with van der Waals surface area (Å²) in [4.78, 5) is 16.4. The quantitative estimate of drug-likeness (QED) is 0.603. The highest BCUT2D eigenvalue weighted by molar-refractivity contribution is 6.31. The number of cyclic esters (lactones) is 1. The molecule has 0 aromatic heterocycles. The minimum Gasteiger partial charge on any atom is -0.486 e. The van der Waals surface area contributed by atoms with Crippen molar-refractivity contribution in [3.05, 3.63) is 64.3 Å². The lowest BCUT2D eigenvalue weighted by molar-refractivity contribution is -0.130. The van der Waals surface area contributed by atoms with E-state index in [9.17, 15) is 4.79 Å². The van der Waals surface area contributed by atoms with Crippen LogP contribution in [-0.2, 0) is 16.0 Å². The Morgan fingerprint density at radius 3 is 2.69 bits per heavy atom. The topological polar surface area (TPSA) is 57.1 Å². The van der Waals surface area contributed by atoms with Crippen LogP contribution in [0, 0.1) is 0 Å². The van der Waals surface area contributed by atoms with Gasteiger partial charge < -0.3 is 14.2 Å². The summed E-state index contributed by atoms with van der Waals surface area (Å²) in [6.45, 7) is 1.05. The number of rotatable bonds is 4. The predicted molar refractivity (Wildman–Crippen MR) is 98.7 cm³/mol. The lowest BCUT2D eigenvalue weighted by atomic mass is 10.1. The molecule has 132 valence electrons. The van der Waals surface area contributed by atoms with E-state index in [0.717, 1.165) is 11.1 Å². The van der Waals surface area contributed by atoms with Crippen LogP contribution in [0.1, 0.15) is 17.5 Å². The van der Waals surface area contributed by atoms with Crippen molar-refractivity contribution in [1.29, 1.82) is 0 Å². The number of carbonyl (C=O) groups excluding carboxylic acids is 1. The number of aliphatic imine (C=N–C) groups is 1. The Labute approximate surface area is 155 Å². The summed E-state index contributed by atoms with van der Waals surface area (Å²) >= 11 is 6.15. The van der Waals surface area contributed by atoms with Crippen LogP contribution in [0.4, 0.5) is 0 Å². The minimum atomic E-state index is -0.450. The van der Waals surface area contributed by atoms with Gasteiger partial charge in [-0.2, -0.15) is 0 Å². The van der Waals surface area contributed by atoms with Crippen molar-refractivity contribution >= 4 is 29.5 Å². The zero-order chi connectivity index (χ0) is 17.9. The molecule has 2 aromatic carbocycles. The zero-order valence-electron chi connectivity index (χ0n) is 13.9. The van der Waals surface area contributed by atoms with Gasteiger partial charge in [0.2, 0.25) is 0 Å². The minimum absolute atomic E-state index is 0.274. The Morgan fingerprint density at radius 1 is 1.04 bits per heavy atom. The third-order valence-electron chi connectivity index (χ3n) is 4.10. The average Bonchev–Trinajstić information content (AvgIpc) is 3.00. The Balaban J connectivity index is 1.49. The van der Waals surface area contributed by atoms with Crippen molar-refractivity contribution in [2.24, 2.45) is 4.99 Å². The highest BCUT2D eigenvalue weighted by atomic mass is 35.5. The summed E-state index contributed by atoms with van der Waals surface area (Å²) in [6.07, 6.45) is 2.85. The van der Waals surface area contributed by atoms with Gasteiger partial charge in [-0.15, -0.1) is 0 Å². The average molecular weight is 370 g/mol. The molecule has 0 bridgehead atoms. The summed E-state index contributed by atoms with van der Waals surface area (Å²) < 4.78 is 16.3. The van der Waals surface area contributed by atoms with E-state index in [1.165, 1.54) is 0 Å². The second-order valence-electron chi connectivity index (χ2n) is 5.92. The fraction of sp³-hybridized carbons (Fsp3) is 0.200. The summed E-state index contributed by atoms with van der Waals surface area (Å²) in [6, 6.07) is 13.1. The molecular weight excluding hydrogens is 354 g/mol. The zero-order valence-corrected chi connectivity index (χ0v) is 14.7. The molecule has 0 radical (unpaired) electrons. The first-order valence-electron chi connectivity index (χ1n) is 8.33. The summed E-state index contributed by atoms with van der Waals surface area (Å²) in [5.74, 6) is 1.32. The molecule has 2 aliphatic heterocycles. The molecule has 0 spiro atoms. The molecule has 2 heterocycles. The summed E-state index contributed by atoms with van der Waals surface area (Å²) in [5.41, 5.74) is 2.07. The Kier molecular flexibility index (Phi) is 4.63. The number of carbonyl (C=O) groups is 1. The van der Waals surface area contributed by atoms with Crippen LogP contribution in [0.2, 0.25) is 5.02 Å². The van der Waals surface area contributed by atoms with E-state index in [2.05, 4.69) is 4.99 Å². The van der Waals surface area contributed by atoms with Crippen molar-refractivity contribution in [3.63, 3.8) is 0 Å². The van der Waals surface area contributed by atoms with Crippen molar-refractivity contribution in [3.8, 4) is 11.5 Å². The fourth-order valence-corrected chi connectivity index (χ4v) is 3.04. The normalized spacial score (nSPS) is 17.2. The second-order valence-corrected chi connectivity index (χ2v) is 6.33. The van der Waals surface area contributed by atoms with Crippen LogP contribution in [0.15, 0.2) is 53.2 Å². The van der Waals surface area contributed by atoms with E-state index in [1.807, 2.05) is 42.5 Å². The lowest BCUT2D eigenvalue weighted by Gasteiger charge is -2.18. The van der Waals surface area contributed by atoms with E-state index in [0.29, 0.717) is 48.5 Å². The maximum absolute atomic E-state index is 12.1. The van der Waals surface area contributed by atoms with Crippen LogP contribution in [0.3, 0.4) is 0 Å². The van der Waals surface area contributed by atoms with Crippen molar-refractivity contribution in [1.82, 2.24) is 0 Å². The maximum Gasteiger partial charge on any atom is 0.363 e. The number of aryl methyl sites for hydroxylation is 1. The smallest absolute Gasteiger partial charge is 0.363 e. The van der Waals surface area contributed by atoms with Gasteiger partial charge in [-0.1, -0.05) is 35.9 Å². The molecular formula is C20H16ClNO4. The van der Waals surface area contributed by atoms with E-state index in [-0.39, 0.29) is 5.70 Å². The summed E-state index contributed by atoms with van der Waals surface area (Å²) in [7, 11) is 0. The first-order valence-corrected chi connectivity index (χ1v) is 8.71. The van der Waals surface area contributed by atoms with E-state index >= 15 is 0 Å². The molecule has 0 fully saturated rings. The van der Waals surface area contributed by atoms with E-state index < -0.39 is 5.97 Å². The molecule has 0 saturated carbocycles. The van der Waals surface area contributed by atoms with Crippen molar-refractivity contribution < 1.29 is 19.0 Å². The molecule has 4 rings (SSSR count). The van der Waals surface area contributed by atoms with Crippen LogP contribution in [-0.4, -0.2) is 25.1 Å². The molecule has 0 aliphatic carbocycles. The number of ether oxygens (including phenoxy) is 3. The number of halogens is 1. The molecule has 0 saturated heterocycles. The van der Waals surface area contributed by atoms with Crippen molar-refractivity contribution in [2.75, 3.05) is 13.2 Å². The first-order chi connectivity index (χ1) is 12.7. The third-order valence-corrected chi connectivity index (χ3v) is 4.47. The van der Waals surface area contributed by atoms with Gasteiger partial charge in [-0.05, 0) is 41.8 Å². The molecule has 0 N–H and O–H groups in total. The van der Waals surface area contributed by atoms with Crippen LogP contribution in [0.5, 0.6) is 11.5 Å². The predicted octanol–water partition coefficient (Wildman–Crippen LogP) is 4.04. The molecule has 0 amide bonds. The summed E-state index contributed by atoms with van der Waals surface area (Å²) in [5, 5.41) is 0.699. The fourth-order valence-electron chi connectivity index (χ4n) is 2.81. The highest BCUT2D eigenvalue weighted by Crippen LogP contribution is 2.32. The number of fused-ring (bicyclic) bond motifs is 1. The molecule has 6 heteroatoms. The number of benzene rings is 2. The van der Waals surface area contributed by atoms with Crippen LogP contribution in [0.25, 0.3) is 6.08 Å². The number of hydrogen-bond donors (Lipinski definition) is 0. The molecule has 0 unspecified atom stereocenters. The second kappa shape index (κ2) is 7.22. The van der Waals surface area contributed by atoms with Gasteiger partial charge in [0.25, 0.3) is 0 Å². The largest absolute Gasteiger partial charge is 0.486 e. The number of nitrogens with zero attached hydrogens (tertiary/aromatic N) is 1. The standard InChI is InChI=1S/C20H16ClNO4/c21-15-4-2-1-3-14(15)6-8-19-22-16(20(23)26-19)11-13-5-7-17-18(12-13)25-10-9-24-17/h1-5,7,11-12H,6,8-10H2/b16-11+. The van der Waals surface area contributed by atoms with Gasteiger partial charge in [0.15, 0.2) is 23.1 Å². The molecule has 2 aromatic rings. The lowest BCUT2D eigenvalue weighted by Crippen LogP contribution is -2.15. The van der Waals surface area contributed by atoms with Gasteiger partial charge in [-0.25, -0.2) is 9.79 Å². The Morgan fingerprint density at radius 2 is 1.85 bits per heavy atom. The molecule has 26 heavy (non-hydrogen) atoms. The van der Waals surface area contributed by atoms with Crippen molar-refractivity contribution in [2.45, 2.75) is 12.8 Å². The Hall–Kier alpha value is -2.79. The third kappa shape index (κ3) is 3.58. The number of esters is 1. The van der Waals surface area contributed by atoms with Crippen LogP contribution >= 0.6 is 11.6 Å². The highest BCUT2D eigenvalue weighted by Gasteiger charge is 2.23. The van der Waals surface area contributed by atoms with Gasteiger partial charge in [0, 0.05) is 11.4 Å². The van der Waals surface area contributed by atoms with Gasteiger partial charge in [0.05, 0.1) is 0 Å². The maximum atomic E-state index is 12.1.